The average Bonchev–Trinajstić information content (AvgIpc) is 3.29. The summed E-state index contributed by atoms with van der Waals surface area (Å²) in [6.45, 7) is 3.14. The van der Waals surface area contributed by atoms with E-state index in [9.17, 15) is 4.79 Å². The molecule has 20 heavy (non-hydrogen) atoms. The first kappa shape index (κ1) is 15.3. The fourth-order valence-electron chi connectivity index (χ4n) is 2.78. The number of nitrogens with one attached hydrogen (secondary N) is 1. The van der Waals surface area contributed by atoms with E-state index in [2.05, 4.69) is 16.3 Å². The summed E-state index contributed by atoms with van der Waals surface area (Å²) in [5, 5.41) is 12.1. The van der Waals surface area contributed by atoms with Crippen molar-refractivity contribution in [2.45, 2.75) is 50.6 Å². The Morgan fingerprint density at radius 2 is 2.15 bits per heavy atom. The molecule has 1 saturated heterocycles. The molecule has 2 rings (SSSR count). The molecule has 1 unspecified atom stereocenters. The fourth-order valence-corrected chi connectivity index (χ4v) is 2.78. The molecule has 5 nitrogen and oxygen atoms in total. The first-order valence-corrected chi connectivity index (χ1v) is 7.79. The Hall–Kier alpha value is -1.12. The Bertz CT molecular complexity index is 355. The van der Waals surface area contributed by atoms with E-state index in [1.54, 1.807) is 11.9 Å². The number of nitriles is 1. The van der Waals surface area contributed by atoms with Gasteiger partial charge in [-0.15, -0.1) is 0 Å². The molecule has 0 bridgehead atoms. The largest absolute Gasteiger partial charge is 0.344 e. The van der Waals surface area contributed by atoms with E-state index in [1.807, 2.05) is 0 Å². The van der Waals surface area contributed by atoms with E-state index < -0.39 is 0 Å². The van der Waals surface area contributed by atoms with Crippen LogP contribution in [0.4, 0.5) is 0 Å². The molecule has 1 atom stereocenters. The summed E-state index contributed by atoms with van der Waals surface area (Å²) in [4.78, 5) is 16.2. The van der Waals surface area contributed by atoms with Gasteiger partial charge in [-0.3, -0.25) is 9.69 Å². The van der Waals surface area contributed by atoms with Crippen molar-refractivity contribution in [2.75, 3.05) is 33.2 Å². The van der Waals surface area contributed by atoms with Crippen LogP contribution >= 0.6 is 0 Å². The standard InChI is InChI=1S/C15H26N4O/c1-18(10-4-8-16)15(20)12-19(14-6-7-14)11-13-5-2-3-9-17-13/h13-14,17H,2-7,9-12H2,1H3. The van der Waals surface area contributed by atoms with E-state index in [1.165, 1.54) is 32.1 Å². The highest BCUT2D eigenvalue weighted by Crippen LogP contribution is 2.27. The molecule has 0 radical (unpaired) electrons. The van der Waals surface area contributed by atoms with Crippen molar-refractivity contribution in [1.82, 2.24) is 15.1 Å². The van der Waals surface area contributed by atoms with Gasteiger partial charge in [-0.25, -0.2) is 0 Å². The zero-order chi connectivity index (χ0) is 14.4. The summed E-state index contributed by atoms with van der Waals surface area (Å²) in [7, 11) is 1.80. The van der Waals surface area contributed by atoms with Crippen LogP contribution in [-0.2, 0) is 4.79 Å². The zero-order valence-electron chi connectivity index (χ0n) is 12.5. The number of likely N-dealkylation sites (N-methyl/N-ethyl adjacent to an activating group) is 1. The lowest BCUT2D eigenvalue weighted by molar-refractivity contribution is -0.131. The summed E-state index contributed by atoms with van der Waals surface area (Å²) >= 11 is 0. The fraction of sp³-hybridized carbons (Fsp3) is 0.867. The Morgan fingerprint density at radius 3 is 2.75 bits per heavy atom. The highest BCUT2D eigenvalue weighted by atomic mass is 16.2. The number of carbonyl (C=O) groups is 1. The SMILES string of the molecule is CN(CCC#N)C(=O)CN(CC1CCCCN1)C1CC1. The highest BCUT2D eigenvalue weighted by Gasteiger charge is 2.32. The van der Waals surface area contributed by atoms with Gasteiger partial charge < -0.3 is 10.2 Å². The van der Waals surface area contributed by atoms with Crippen LogP contribution in [0.3, 0.4) is 0 Å². The van der Waals surface area contributed by atoms with E-state index in [4.69, 9.17) is 5.26 Å². The van der Waals surface area contributed by atoms with Crippen molar-refractivity contribution in [3.63, 3.8) is 0 Å². The maximum atomic E-state index is 12.2. The summed E-state index contributed by atoms with van der Waals surface area (Å²) in [5.74, 6) is 0.142. The second-order valence-corrected chi connectivity index (χ2v) is 6.03. The van der Waals surface area contributed by atoms with Crippen LogP contribution in [0.15, 0.2) is 0 Å². The third kappa shape index (κ3) is 4.77. The molecule has 0 aromatic carbocycles. The topological polar surface area (TPSA) is 59.4 Å². The summed E-state index contributed by atoms with van der Waals surface area (Å²) in [6, 6.07) is 3.24. The molecule has 1 amide bonds. The predicted octanol–water partition coefficient (Wildman–Crippen LogP) is 0.965. The molecule has 2 aliphatic rings. The van der Waals surface area contributed by atoms with Crippen LogP contribution in [0.25, 0.3) is 0 Å². The number of amides is 1. The molecule has 1 N–H and O–H groups in total. The number of hydrogen-bond donors (Lipinski definition) is 1. The van der Waals surface area contributed by atoms with Gasteiger partial charge in [-0.1, -0.05) is 6.42 Å². The lowest BCUT2D eigenvalue weighted by Crippen LogP contribution is -2.47. The maximum Gasteiger partial charge on any atom is 0.236 e. The third-order valence-electron chi connectivity index (χ3n) is 4.25. The molecule has 0 spiro atoms. The van der Waals surface area contributed by atoms with Gasteiger partial charge in [-0.05, 0) is 32.2 Å². The van der Waals surface area contributed by atoms with Crippen molar-refractivity contribution < 1.29 is 4.79 Å². The van der Waals surface area contributed by atoms with Gasteiger partial charge in [0.2, 0.25) is 5.91 Å². The summed E-state index contributed by atoms with van der Waals surface area (Å²) < 4.78 is 0. The van der Waals surface area contributed by atoms with E-state index >= 15 is 0 Å². The molecule has 1 aliphatic heterocycles. The van der Waals surface area contributed by atoms with Gasteiger partial charge in [0, 0.05) is 32.2 Å². The highest BCUT2D eigenvalue weighted by molar-refractivity contribution is 5.78. The Labute approximate surface area is 121 Å². The van der Waals surface area contributed by atoms with Gasteiger partial charge >= 0.3 is 0 Å². The zero-order valence-corrected chi connectivity index (χ0v) is 12.5. The van der Waals surface area contributed by atoms with Crippen LogP contribution in [0.5, 0.6) is 0 Å². The molecular weight excluding hydrogens is 252 g/mol. The molecule has 5 heteroatoms. The molecule has 0 aromatic rings. The Kier molecular flexibility index (Phi) is 5.81. The molecule has 1 saturated carbocycles. The van der Waals surface area contributed by atoms with Crippen molar-refractivity contribution in [3.8, 4) is 6.07 Å². The van der Waals surface area contributed by atoms with E-state index in [-0.39, 0.29) is 5.91 Å². The van der Waals surface area contributed by atoms with Crippen LogP contribution in [-0.4, -0.2) is 61.0 Å². The van der Waals surface area contributed by atoms with E-state index in [0.29, 0.717) is 31.6 Å². The number of piperidine rings is 1. The first-order chi connectivity index (χ1) is 9.70. The molecule has 2 fully saturated rings. The average molecular weight is 278 g/mol. The molecule has 1 aliphatic carbocycles. The van der Waals surface area contributed by atoms with Crippen LogP contribution < -0.4 is 5.32 Å². The molecule has 1 heterocycles. The number of hydrogen-bond acceptors (Lipinski definition) is 4. The normalized spacial score (nSPS) is 22.6. The Balaban J connectivity index is 1.79. The van der Waals surface area contributed by atoms with Crippen LogP contribution in [0, 0.1) is 11.3 Å². The first-order valence-electron chi connectivity index (χ1n) is 7.79. The van der Waals surface area contributed by atoms with Crippen molar-refractivity contribution >= 4 is 5.91 Å². The van der Waals surface area contributed by atoms with Gasteiger partial charge in [0.15, 0.2) is 0 Å². The molecule has 0 aromatic heterocycles. The molecular formula is C15H26N4O. The van der Waals surface area contributed by atoms with Gasteiger partial charge in [-0.2, -0.15) is 5.26 Å². The Morgan fingerprint density at radius 1 is 1.35 bits per heavy atom. The quantitative estimate of drug-likeness (QED) is 0.754. The second-order valence-electron chi connectivity index (χ2n) is 6.03. The van der Waals surface area contributed by atoms with Gasteiger partial charge in [0.25, 0.3) is 0 Å². The van der Waals surface area contributed by atoms with Crippen molar-refractivity contribution in [1.29, 1.82) is 5.26 Å². The van der Waals surface area contributed by atoms with Crippen LogP contribution in [0.2, 0.25) is 0 Å². The number of carbonyl (C=O) groups excluding carboxylic acids is 1. The lowest BCUT2D eigenvalue weighted by atomic mass is 10.0. The molecule has 112 valence electrons. The van der Waals surface area contributed by atoms with E-state index in [0.717, 1.165) is 13.1 Å². The third-order valence-corrected chi connectivity index (χ3v) is 4.25. The smallest absolute Gasteiger partial charge is 0.236 e. The lowest BCUT2D eigenvalue weighted by Gasteiger charge is -2.31. The second kappa shape index (κ2) is 7.61. The minimum Gasteiger partial charge on any atom is -0.344 e. The summed E-state index contributed by atoms with van der Waals surface area (Å²) in [5.41, 5.74) is 0. The maximum absolute atomic E-state index is 12.2. The number of rotatable bonds is 7. The monoisotopic (exact) mass is 278 g/mol. The summed E-state index contributed by atoms with van der Waals surface area (Å²) in [6.07, 6.45) is 6.66. The minimum atomic E-state index is 0.142. The van der Waals surface area contributed by atoms with Crippen molar-refractivity contribution in [3.05, 3.63) is 0 Å². The predicted molar refractivity (Wildman–Crippen MR) is 78.1 cm³/mol. The number of nitrogens with zero attached hydrogens (tertiary/aromatic N) is 3. The van der Waals surface area contributed by atoms with Gasteiger partial charge in [0.1, 0.15) is 0 Å². The van der Waals surface area contributed by atoms with Gasteiger partial charge in [0.05, 0.1) is 19.0 Å². The van der Waals surface area contributed by atoms with Crippen LogP contribution in [0.1, 0.15) is 38.5 Å². The van der Waals surface area contributed by atoms with Crippen molar-refractivity contribution in [2.24, 2.45) is 0 Å². The minimum absolute atomic E-state index is 0.142.